The lowest BCUT2D eigenvalue weighted by molar-refractivity contribution is 0.0938. The largest absolute Gasteiger partial charge is 0.490 e. The van der Waals surface area contributed by atoms with Crippen LogP contribution in [-0.2, 0) is 0 Å². The van der Waals surface area contributed by atoms with Crippen LogP contribution in [0.4, 0.5) is 8.78 Å². The summed E-state index contributed by atoms with van der Waals surface area (Å²) in [5.74, 6) is -1.05. The summed E-state index contributed by atoms with van der Waals surface area (Å²) in [5.41, 5.74) is 0.762. The van der Waals surface area contributed by atoms with E-state index in [1.54, 1.807) is 19.1 Å². The van der Waals surface area contributed by atoms with Crippen molar-refractivity contribution in [2.45, 2.75) is 33.7 Å². The molecule has 0 bridgehead atoms. The molecule has 1 unspecified atom stereocenters. The minimum Gasteiger partial charge on any atom is -0.490 e. The molecule has 0 aliphatic rings. The topological polar surface area (TPSA) is 56.8 Å². The van der Waals surface area contributed by atoms with E-state index in [1.807, 2.05) is 20.8 Å². The van der Waals surface area contributed by atoms with Crippen molar-refractivity contribution in [3.8, 4) is 17.2 Å². The van der Waals surface area contributed by atoms with Gasteiger partial charge in [0.15, 0.2) is 23.1 Å². The quantitative estimate of drug-likeness (QED) is 0.674. The van der Waals surface area contributed by atoms with Crippen molar-refractivity contribution < 1.29 is 27.8 Å². The lowest BCUT2D eigenvalue weighted by Gasteiger charge is -2.18. The smallest absolute Gasteiger partial charge is 0.252 e. The van der Waals surface area contributed by atoms with E-state index in [9.17, 15) is 13.6 Å². The first-order valence-electron chi connectivity index (χ1n) is 9.23. The molecule has 2 rings (SSSR count). The predicted octanol–water partition coefficient (Wildman–Crippen LogP) is 4.65. The van der Waals surface area contributed by atoms with Crippen LogP contribution in [0, 0.1) is 11.6 Å². The van der Waals surface area contributed by atoms with Crippen LogP contribution in [0.3, 0.4) is 0 Å². The maximum absolute atomic E-state index is 13.5. The van der Waals surface area contributed by atoms with Gasteiger partial charge in [-0.15, -0.1) is 0 Å². The van der Waals surface area contributed by atoms with Gasteiger partial charge < -0.3 is 19.5 Å². The number of halogens is 2. The van der Waals surface area contributed by atoms with Gasteiger partial charge in [0.2, 0.25) is 5.75 Å². The molecule has 5 nitrogen and oxygen atoms in total. The van der Waals surface area contributed by atoms with E-state index in [1.165, 1.54) is 6.07 Å². The van der Waals surface area contributed by atoms with Crippen molar-refractivity contribution >= 4 is 5.91 Å². The first-order chi connectivity index (χ1) is 13.4. The fourth-order valence-corrected chi connectivity index (χ4v) is 2.66. The second-order valence-electron chi connectivity index (χ2n) is 5.97. The molecular weight excluding hydrogens is 368 g/mol. The molecule has 0 saturated carbocycles. The van der Waals surface area contributed by atoms with E-state index < -0.39 is 23.6 Å². The Bertz CT molecular complexity index is 799. The summed E-state index contributed by atoms with van der Waals surface area (Å²) < 4.78 is 43.4. The van der Waals surface area contributed by atoms with E-state index in [0.29, 0.717) is 48.2 Å². The molecule has 0 spiro atoms. The highest BCUT2D eigenvalue weighted by Crippen LogP contribution is 2.39. The van der Waals surface area contributed by atoms with E-state index in [0.717, 1.165) is 12.1 Å². The van der Waals surface area contributed by atoms with E-state index >= 15 is 0 Å². The molecule has 2 aromatic carbocycles. The minimum atomic E-state index is -0.961. The normalized spacial score (nSPS) is 11.6. The Labute approximate surface area is 163 Å². The lowest BCUT2D eigenvalue weighted by Crippen LogP contribution is -2.27. The highest BCUT2D eigenvalue weighted by molar-refractivity contribution is 5.95. The molecule has 0 aliphatic heterocycles. The van der Waals surface area contributed by atoms with Crippen molar-refractivity contribution in [3.05, 3.63) is 53.1 Å². The van der Waals surface area contributed by atoms with Gasteiger partial charge in [-0.2, -0.15) is 0 Å². The maximum atomic E-state index is 13.5. The second kappa shape index (κ2) is 9.92. The minimum absolute atomic E-state index is 0.310. The fraction of sp³-hybridized carbons (Fsp3) is 0.381. The van der Waals surface area contributed by atoms with Crippen molar-refractivity contribution in [1.82, 2.24) is 5.32 Å². The molecular formula is C21H25F2NO4. The molecule has 1 N–H and O–H groups in total. The third-order valence-electron chi connectivity index (χ3n) is 3.96. The molecule has 2 aromatic rings. The first-order valence-corrected chi connectivity index (χ1v) is 9.23. The summed E-state index contributed by atoms with van der Waals surface area (Å²) >= 11 is 0. The van der Waals surface area contributed by atoms with E-state index in [2.05, 4.69) is 5.32 Å². The molecule has 0 radical (unpaired) electrons. The number of carbonyl (C=O) groups is 1. The average Bonchev–Trinajstić information content (AvgIpc) is 2.66. The van der Waals surface area contributed by atoms with Crippen molar-refractivity contribution in [2.24, 2.45) is 0 Å². The van der Waals surface area contributed by atoms with Gasteiger partial charge in [-0.3, -0.25) is 4.79 Å². The molecule has 0 aromatic heterocycles. The summed E-state index contributed by atoms with van der Waals surface area (Å²) in [6.45, 7) is 8.38. The number of nitrogens with one attached hydrogen (secondary N) is 1. The van der Waals surface area contributed by atoms with Crippen LogP contribution in [0.2, 0.25) is 0 Å². The van der Waals surface area contributed by atoms with Gasteiger partial charge in [0, 0.05) is 5.56 Å². The molecule has 7 heteroatoms. The lowest BCUT2D eigenvalue weighted by atomic mass is 10.1. The molecule has 1 atom stereocenters. The second-order valence-corrected chi connectivity index (χ2v) is 5.97. The van der Waals surface area contributed by atoms with Gasteiger partial charge in [0.1, 0.15) is 0 Å². The Balaban J connectivity index is 2.31. The zero-order chi connectivity index (χ0) is 20.7. The standard InChI is InChI=1S/C21H25F2NO4/c1-5-26-18-11-15(12-19(27-6-2)20(18)28-7-3)21(25)24-13(4)14-8-9-16(22)17(23)10-14/h8-13H,5-7H2,1-4H3,(H,24,25). The summed E-state index contributed by atoms with van der Waals surface area (Å²) in [7, 11) is 0. The Kier molecular flexibility index (Phi) is 7.61. The molecule has 0 heterocycles. The number of ether oxygens (including phenoxy) is 3. The Hall–Kier alpha value is -2.83. The summed E-state index contributed by atoms with van der Waals surface area (Å²) in [6, 6.07) is 6.15. The Morgan fingerprint density at radius 2 is 1.50 bits per heavy atom. The van der Waals surface area contributed by atoms with Crippen LogP contribution in [0.15, 0.2) is 30.3 Å². The van der Waals surface area contributed by atoms with Gasteiger partial charge in [-0.05, 0) is 57.5 Å². The average molecular weight is 393 g/mol. The number of rotatable bonds is 9. The third kappa shape index (κ3) is 5.12. The van der Waals surface area contributed by atoms with Gasteiger partial charge >= 0.3 is 0 Å². The predicted molar refractivity (Wildman–Crippen MR) is 102 cm³/mol. The molecule has 0 aliphatic carbocycles. The fourth-order valence-electron chi connectivity index (χ4n) is 2.66. The van der Waals surface area contributed by atoms with Crippen molar-refractivity contribution in [1.29, 1.82) is 0 Å². The van der Waals surface area contributed by atoms with Crippen molar-refractivity contribution in [2.75, 3.05) is 19.8 Å². The Morgan fingerprint density at radius 3 is 2.00 bits per heavy atom. The number of amides is 1. The van der Waals surface area contributed by atoms with E-state index in [4.69, 9.17) is 14.2 Å². The number of hydrogen-bond acceptors (Lipinski definition) is 4. The number of benzene rings is 2. The monoisotopic (exact) mass is 393 g/mol. The highest BCUT2D eigenvalue weighted by atomic mass is 19.2. The first kappa shape index (κ1) is 21.5. The van der Waals surface area contributed by atoms with Gasteiger partial charge in [-0.1, -0.05) is 6.07 Å². The summed E-state index contributed by atoms with van der Waals surface area (Å²) in [6.07, 6.45) is 0. The molecule has 152 valence electrons. The summed E-state index contributed by atoms with van der Waals surface area (Å²) in [4.78, 5) is 12.7. The van der Waals surface area contributed by atoms with Crippen LogP contribution < -0.4 is 19.5 Å². The zero-order valence-electron chi connectivity index (χ0n) is 16.5. The SMILES string of the molecule is CCOc1cc(C(=O)NC(C)c2ccc(F)c(F)c2)cc(OCC)c1OCC. The molecule has 0 fully saturated rings. The third-order valence-corrected chi connectivity index (χ3v) is 3.96. The van der Waals surface area contributed by atoms with E-state index in [-0.39, 0.29) is 0 Å². The number of carbonyl (C=O) groups excluding carboxylic acids is 1. The number of hydrogen-bond donors (Lipinski definition) is 1. The van der Waals surface area contributed by atoms with Gasteiger partial charge in [-0.25, -0.2) is 8.78 Å². The molecule has 1 amide bonds. The molecule has 0 saturated heterocycles. The maximum Gasteiger partial charge on any atom is 0.252 e. The Morgan fingerprint density at radius 1 is 0.929 bits per heavy atom. The van der Waals surface area contributed by atoms with Crippen LogP contribution >= 0.6 is 0 Å². The van der Waals surface area contributed by atoms with Crippen molar-refractivity contribution in [3.63, 3.8) is 0 Å². The molecule has 28 heavy (non-hydrogen) atoms. The van der Waals surface area contributed by atoms with Crippen LogP contribution in [0.25, 0.3) is 0 Å². The highest BCUT2D eigenvalue weighted by Gasteiger charge is 2.20. The van der Waals surface area contributed by atoms with Crippen LogP contribution in [-0.4, -0.2) is 25.7 Å². The zero-order valence-corrected chi connectivity index (χ0v) is 16.5. The van der Waals surface area contributed by atoms with Gasteiger partial charge in [0.05, 0.1) is 25.9 Å². The summed E-state index contributed by atoms with van der Waals surface area (Å²) in [5, 5.41) is 2.77. The van der Waals surface area contributed by atoms with Crippen LogP contribution in [0.5, 0.6) is 17.2 Å². The van der Waals surface area contributed by atoms with Crippen LogP contribution in [0.1, 0.15) is 49.7 Å². The van der Waals surface area contributed by atoms with Gasteiger partial charge in [0.25, 0.3) is 5.91 Å².